The first-order chi connectivity index (χ1) is 12.1. The maximum atomic E-state index is 6.05. The predicted octanol–water partition coefficient (Wildman–Crippen LogP) is 5.64. The lowest BCUT2D eigenvalue weighted by Crippen LogP contribution is -2.42. The monoisotopic (exact) mass is 386 g/mol. The summed E-state index contributed by atoms with van der Waals surface area (Å²) in [6.45, 7) is 0. The van der Waals surface area contributed by atoms with Crippen molar-refractivity contribution >= 4 is 46.6 Å². The van der Waals surface area contributed by atoms with E-state index in [2.05, 4.69) is 28.8 Å². The normalized spacial score (nSPS) is 21.1. The van der Waals surface area contributed by atoms with E-state index in [0.717, 1.165) is 34.0 Å². The molecule has 5 heteroatoms. The summed E-state index contributed by atoms with van der Waals surface area (Å²) < 4.78 is 0. The summed E-state index contributed by atoms with van der Waals surface area (Å²) in [6, 6.07) is 15.9. The molecular weight excluding hydrogens is 371 g/mol. The summed E-state index contributed by atoms with van der Waals surface area (Å²) in [6.07, 6.45) is 4.20. The minimum absolute atomic E-state index is 0.0436. The quantitative estimate of drug-likeness (QED) is 0.652. The molecule has 2 N–H and O–H groups in total. The second-order valence-electron chi connectivity index (χ2n) is 6.20. The highest BCUT2D eigenvalue weighted by Crippen LogP contribution is 2.41. The lowest BCUT2D eigenvalue weighted by Gasteiger charge is -2.30. The Bertz CT molecular complexity index is 883. The van der Waals surface area contributed by atoms with E-state index in [4.69, 9.17) is 35.4 Å². The van der Waals surface area contributed by atoms with Gasteiger partial charge in [0.1, 0.15) is 0 Å². The number of halogens is 2. The second kappa shape index (κ2) is 6.83. The van der Waals surface area contributed by atoms with Crippen LogP contribution in [0.4, 0.5) is 0 Å². The van der Waals surface area contributed by atoms with Crippen LogP contribution in [-0.4, -0.2) is 5.11 Å². The largest absolute Gasteiger partial charge is 0.351 e. The number of hydrogen-bond donors (Lipinski definition) is 2. The Morgan fingerprint density at radius 3 is 2.24 bits per heavy atom. The summed E-state index contributed by atoms with van der Waals surface area (Å²) >= 11 is 17.4. The van der Waals surface area contributed by atoms with Crippen molar-refractivity contribution < 1.29 is 0 Å². The lowest BCUT2D eigenvalue weighted by molar-refractivity contribution is 0.708. The van der Waals surface area contributed by atoms with Gasteiger partial charge in [-0.25, -0.2) is 0 Å². The van der Waals surface area contributed by atoms with Crippen molar-refractivity contribution in [3.05, 3.63) is 86.5 Å². The van der Waals surface area contributed by atoms with Crippen molar-refractivity contribution in [3.63, 3.8) is 0 Å². The SMILES string of the molecule is S=C1NC2=C(C(=Cc3ccc(Cl)cc3)CC2)C(c2ccc(Cl)cc2)N1. The zero-order valence-corrected chi connectivity index (χ0v) is 15.7. The van der Waals surface area contributed by atoms with Gasteiger partial charge in [0, 0.05) is 21.3 Å². The maximum absolute atomic E-state index is 6.05. The number of hydrogen-bond acceptors (Lipinski definition) is 1. The molecule has 4 rings (SSSR count). The molecule has 0 spiro atoms. The Morgan fingerprint density at radius 1 is 0.920 bits per heavy atom. The third kappa shape index (κ3) is 3.45. The van der Waals surface area contributed by atoms with E-state index in [-0.39, 0.29) is 6.04 Å². The minimum Gasteiger partial charge on any atom is -0.351 e. The molecule has 1 aliphatic carbocycles. The van der Waals surface area contributed by atoms with Crippen LogP contribution in [0.3, 0.4) is 0 Å². The molecule has 126 valence electrons. The predicted molar refractivity (Wildman–Crippen MR) is 109 cm³/mol. The van der Waals surface area contributed by atoms with Gasteiger partial charge in [0.05, 0.1) is 6.04 Å². The average Bonchev–Trinajstić information content (AvgIpc) is 2.99. The fourth-order valence-electron chi connectivity index (χ4n) is 3.40. The standard InChI is InChI=1S/C20H16Cl2N2S/c21-15-6-1-12(2-7-15)11-14-5-10-17-18(14)19(24-20(25)23-17)13-3-8-16(22)9-4-13/h1-4,6-9,11,19H,5,10H2,(H2,23,24,25). The molecular formula is C20H16Cl2N2S. The highest BCUT2D eigenvalue weighted by molar-refractivity contribution is 7.80. The van der Waals surface area contributed by atoms with Gasteiger partial charge in [-0.3, -0.25) is 0 Å². The smallest absolute Gasteiger partial charge is 0.171 e. The van der Waals surface area contributed by atoms with E-state index in [9.17, 15) is 0 Å². The third-order valence-electron chi connectivity index (χ3n) is 4.56. The molecule has 0 amide bonds. The second-order valence-corrected chi connectivity index (χ2v) is 7.48. The molecule has 0 radical (unpaired) electrons. The minimum atomic E-state index is 0.0436. The number of rotatable bonds is 2. The zero-order chi connectivity index (χ0) is 17.4. The van der Waals surface area contributed by atoms with Gasteiger partial charge in [0.15, 0.2) is 5.11 Å². The molecule has 1 unspecified atom stereocenters. The van der Waals surface area contributed by atoms with Gasteiger partial charge in [-0.15, -0.1) is 0 Å². The number of allylic oxidation sites excluding steroid dienone is 1. The molecule has 25 heavy (non-hydrogen) atoms. The van der Waals surface area contributed by atoms with Crippen molar-refractivity contribution in [3.8, 4) is 0 Å². The summed E-state index contributed by atoms with van der Waals surface area (Å²) in [7, 11) is 0. The molecule has 2 aromatic rings. The van der Waals surface area contributed by atoms with Crippen LogP contribution < -0.4 is 10.6 Å². The highest BCUT2D eigenvalue weighted by Gasteiger charge is 2.32. The summed E-state index contributed by atoms with van der Waals surface area (Å²) in [5.41, 5.74) is 6.12. The molecule has 2 aliphatic rings. The van der Waals surface area contributed by atoms with Crippen molar-refractivity contribution in [1.29, 1.82) is 0 Å². The van der Waals surface area contributed by atoms with E-state index in [1.807, 2.05) is 36.4 Å². The Morgan fingerprint density at radius 2 is 1.56 bits per heavy atom. The molecule has 0 fully saturated rings. The molecule has 1 heterocycles. The van der Waals surface area contributed by atoms with Crippen molar-refractivity contribution in [1.82, 2.24) is 10.6 Å². The van der Waals surface area contributed by atoms with Gasteiger partial charge in [0.25, 0.3) is 0 Å². The van der Waals surface area contributed by atoms with E-state index in [1.54, 1.807) is 0 Å². The number of benzene rings is 2. The first-order valence-corrected chi connectivity index (χ1v) is 9.29. The molecule has 0 saturated carbocycles. The molecule has 2 nitrogen and oxygen atoms in total. The van der Waals surface area contributed by atoms with Crippen molar-refractivity contribution in [2.75, 3.05) is 0 Å². The van der Waals surface area contributed by atoms with E-state index < -0.39 is 0 Å². The first kappa shape index (κ1) is 16.6. The summed E-state index contributed by atoms with van der Waals surface area (Å²) in [5.74, 6) is 0. The number of thiocarbonyl (C=S) groups is 1. The van der Waals surface area contributed by atoms with Gasteiger partial charge >= 0.3 is 0 Å². The van der Waals surface area contributed by atoms with E-state index >= 15 is 0 Å². The Labute approximate surface area is 162 Å². The average molecular weight is 387 g/mol. The molecule has 0 bridgehead atoms. The van der Waals surface area contributed by atoms with Crippen LogP contribution >= 0.6 is 35.4 Å². The van der Waals surface area contributed by atoms with E-state index in [0.29, 0.717) is 5.11 Å². The lowest BCUT2D eigenvalue weighted by atomic mass is 9.92. The Hall–Kier alpha value is -1.81. The van der Waals surface area contributed by atoms with Crippen LogP contribution in [0.25, 0.3) is 6.08 Å². The van der Waals surface area contributed by atoms with Gasteiger partial charge in [-0.1, -0.05) is 53.5 Å². The van der Waals surface area contributed by atoms with Gasteiger partial charge < -0.3 is 10.6 Å². The molecule has 1 aliphatic heterocycles. The molecule has 0 saturated heterocycles. The molecule has 2 aromatic carbocycles. The fourth-order valence-corrected chi connectivity index (χ4v) is 3.90. The van der Waals surface area contributed by atoms with Crippen LogP contribution in [0.2, 0.25) is 10.0 Å². The molecule has 1 atom stereocenters. The fraction of sp³-hybridized carbons (Fsp3) is 0.150. The number of nitrogens with one attached hydrogen (secondary N) is 2. The van der Waals surface area contributed by atoms with Crippen molar-refractivity contribution in [2.45, 2.75) is 18.9 Å². The maximum Gasteiger partial charge on any atom is 0.171 e. The van der Waals surface area contributed by atoms with Crippen molar-refractivity contribution in [2.24, 2.45) is 0 Å². The van der Waals surface area contributed by atoms with Crippen LogP contribution in [0.1, 0.15) is 30.0 Å². The van der Waals surface area contributed by atoms with Gasteiger partial charge in [-0.2, -0.15) is 0 Å². The zero-order valence-electron chi connectivity index (χ0n) is 13.4. The Balaban J connectivity index is 1.75. The first-order valence-electron chi connectivity index (χ1n) is 8.13. The third-order valence-corrected chi connectivity index (χ3v) is 5.28. The molecule has 0 aromatic heterocycles. The van der Waals surface area contributed by atoms with Crippen LogP contribution in [0.15, 0.2) is 65.4 Å². The van der Waals surface area contributed by atoms with E-state index in [1.165, 1.54) is 16.8 Å². The van der Waals surface area contributed by atoms with Crippen LogP contribution in [0.5, 0.6) is 0 Å². The highest BCUT2D eigenvalue weighted by atomic mass is 35.5. The van der Waals surface area contributed by atoms with Gasteiger partial charge in [0.2, 0.25) is 0 Å². The van der Waals surface area contributed by atoms with Crippen LogP contribution in [0, 0.1) is 0 Å². The summed E-state index contributed by atoms with van der Waals surface area (Å²) in [5, 5.41) is 8.89. The Kier molecular flexibility index (Phi) is 4.55. The van der Waals surface area contributed by atoms with Crippen LogP contribution in [-0.2, 0) is 0 Å². The van der Waals surface area contributed by atoms with Gasteiger partial charge in [-0.05, 0) is 66.0 Å². The topological polar surface area (TPSA) is 24.1 Å². The summed E-state index contributed by atoms with van der Waals surface area (Å²) in [4.78, 5) is 0.